The van der Waals surface area contributed by atoms with Gasteiger partial charge < -0.3 is 33.2 Å². The van der Waals surface area contributed by atoms with Crippen LogP contribution in [0.15, 0.2) is 144 Å². The molecule has 10 rings (SSSR count). The van der Waals surface area contributed by atoms with Crippen LogP contribution < -0.4 is 30.0 Å². The van der Waals surface area contributed by atoms with Gasteiger partial charge in [0.2, 0.25) is 10.0 Å². The normalized spacial score (nSPS) is 22.3. The summed E-state index contributed by atoms with van der Waals surface area (Å²) in [5.41, 5.74) is 5.77. The number of aryl methyl sites for hydroxylation is 4. The highest BCUT2D eigenvalue weighted by atomic mass is 32.2. The Morgan fingerprint density at radius 3 is 1.43 bits per heavy atom. The number of primary sulfonamides is 1. The number of anilines is 2. The summed E-state index contributed by atoms with van der Waals surface area (Å²) in [4.78, 5) is 50.1. The molecule has 0 unspecified atom stereocenters. The Kier molecular flexibility index (Phi) is 12.9. The van der Waals surface area contributed by atoms with Gasteiger partial charge in [-0.1, -0.05) is 48.5 Å². The summed E-state index contributed by atoms with van der Waals surface area (Å²) in [5.74, 6) is -1.29. The Labute approximate surface area is 508 Å². The molecular weight excluding hydrogens is 1100 g/mol. The van der Waals surface area contributed by atoms with Crippen molar-refractivity contribution in [1.29, 1.82) is 0 Å². The number of carboxylic acid groups (broad SMARTS) is 1. The van der Waals surface area contributed by atoms with E-state index in [1.165, 1.54) is 62.8 Å². The topological polar surface area (TPSA) is 266 Å². The Balaban J connectivity index is 0.000000226. The van der Waals surface area contributed by atoms with Gasteiger partial charge in [-0.25, -0.2) is 41.1 Å². The Bertz CT molecular complexity index is 4810. The van der Waals surface area contributed by atoms with Gasteiger partial charge in [0.15, 0.2) is 0 Å². The number of amides is 3. The number of carbonyl (C=O) groups is 4. The van der Waals surface area contributed by atoms with Crippen LogP contribution >= 0.6 is 0 Å². The molecule has 0 radical (unpaired) electrons. The zero-order chi connectivity index (χ0) is 75.8. The minimum atomic E-state index is -4.15. The Morgan fingerprint density at radius 2 is 1.02 bits per heavy atom. The van der Waals surface area contributed by atoms with E-state index >= 15 is 0 Å². The van der Waals surface area contributed by atoms with Gasteiger partial charge in [-0.05, 0) is 171 Å². The van der Waals surface area contributed by atoms with E-state index in [2.05, 4.69) is 15.4 Å². The average Bonchev–Trinajstić information content (AvgIpc) is 1.51. The minimum absolute atomic E-state index is 0.0278. The molecule has 0 saturated heterocycles. The molecule has 83 heavy (non-hydrogen) atoms. The van der Waals surface area contributed by atoms with Gasteiger partial charge in [0, 0.05) is 100 Å². The summed E-state index contributed by atoms with van der Waals surface area (Å²) in [6.45, 7) is 3.32. The lowest BCUT2D eigenvalue weighted by molar-refractivity contribution is 0.0695. The van der Waals surface area contributed by atoms with E-state index in [4.69, 9.17) is 48.8 Å². The molecule has 0 spiro atoms. The molecule has 3 amide bonds. The molecule has 6 N–H and O–H groups in total. The van der Waals surface area contributed by atoms with Crippen LogP contribution in [-0.2, 0) is 56.5 Å². The molecule has 0 aliphatic heterocycles. The number of hydrogen-bond acceptors (Lipinski definition) is 12. The van der Waals surface area contributed by atoms with Crippen LogP contribution in [0.3, 0.4) is 0 Å². The third kappa shape index (κ3) is 15.3. The van der Waals surface area contributed by atoms with Crippen molar-refractivity contribution in [2.24, 2.45) is 19.2 Å². The number of hydrogen-bond donors (Lipinski definition) is 5. The van der Waals surface area contributed by atoms with Gasteiger partial charge in [0.25, 0.3) is 15.9 Å². The van der Waals surface area contributed by atoms with Crippen molar-refractivity contribution in [3.63, 3.8) is 0 Å². The summed E-state index contributed by atoms with van der Waals surface area (Å²) in [6, 6.07) is 31.2. The molecule has 2 heterocycles. The number of fused-ring (bicyclic) bond motifs is 2. The summed E-state index contributed by atoms with van der Waals surface area (Å²) < 4.78 is 218. The molecule has 2 fully saturated rings. The maximum atomic E-state index is 13.0. The van der Waals surface area contributed by atoms with Crippen molar-refractivity contribution in [3.8, 4) is 11.5 Å². The summed E-state index contributed by atoms with van der Waals surface area (Å²) in [7, 11) is -1.28. The molecule has 21 heteroatoms. The summed E-state index contributed by atoms with van der Waals surface area (Å²) in [5, 5.41) is 20.1. The monoisotopic (exact) mass is 1190 g/mol. The second kappa shape index (κ2) is 26.5. The highest BCUT2D eigenvalue weighted by Gasteiger charge is 2.24. The summed E-state index contributed by atoms with van der Waals surface area (Å²) >= 11 is 0. The van der Waals surface area contributed by atoms with Crippen LogP contribution in [0.4, 0.5) is 21.0 Å². The number of methoxy groups -OCH3 is 2. The highest BCUT2D eigenvalue weighted by molar-refractivity contribution is 7.90. The fourth-order valence-corrected chi connectivity index (χ4v) is 10.8. The first-order chi connectivity index (χ1) is 46.4. The molecule has 2 aliphatic carbocycles. The number of aromatic carboxylic acids is 1. The molecule has 0 atom stereocenters. The van der Waals surface area contributed by atoms with Gasteiger partial charge in [0.05, 0.1) is 32.3 Å². The SMILES string of the molecule is Cc1ccccc1S(N)(=O)=O.[2H]C1([2H])C([2H])([2H])C([2H])([2H])C([2H])(OC(=O)Nc2ccc3c(c2)c(Cc2ccc(C(=O)NS(=O)(=O)c4ccccc4C)cc2OC)cn3C)C1([2H])[2H].[2H]C1([2H])C([2H])([2H])C([2H])([2H])C([2H])(OC(=O)Nc2ccc3c(c2)c(Cc2ccc(C(=O)O)cc2OC)cn3C)C1([2H])[2H]. The first-order valence-electron chi connectivity index (χ1n) is 33.8. The van der Waals surface area contributed by atoms with E-state index in [0.717, 1.165) is 22.2 Å². The van der Waals surface area contributed by atoms with E-state index in [1.807, 2.05) is 21.5 Å². The number of benzene rings is 6. The molecule has 6 aromatic carbocycles. The molecule has 0 bridgehead atoms. The predicted octanol–water partition coefficient (Wildman–Crippen LogP) is 11.3. The first-order valence-corrected chi connectivity index (χ1v) is 27.8. The number of ether oxygens (including phenoxy) is 4. The molecule has 2 aliphatic rings. The van der Waals surface area contributed by atoms with Crippen molar-refractivity contribution in [2.45, 2.75) is 99.6 Å². The smallest absolute Gasteiger partial charge is 0.411 e. The molecule has 436 valence electrons. The fourth-order valence-electron chi connectivity index (χ4n) is 8.81. The van der Waals surface area contributed by atoms with Gasteiger partial charge in [0.1, 0.15) is 23.7 Å². The lowest BCUT2D eigenvalue weighted by Crippen LogP contribution is -2.31. The van der Waals surface area contributed by atoms with Crippen LogP contribution in [0.2, 0.25) is 0 Å². The number of nitrogens with two attached hydrogens (primary N) is 1. The van der Waals surface area contributed by atoms with E-state index in [1.54, 1.807) is 101 Å². The first kappa shape index (κ1) is 40.5. The van der Waals surface area contributed by atoms with Crippen LogP contribution in [0.1, 0.15) is 130 Å². The molecular formula is C62H68N6O13S2. The maximum absolute atomic E-state index is 13.0. The number of nitrogens with one attached hydrogen (secondary N) is 3. The quantitative estimate of drug-likeness (QED) is 0.0640. The highest BCUT2D eigenvalue weighted by Crippen LogP contribution is 2.33. The second-order valence-corrected chi connectivity index (χ2v) is 21.6. The second-order valence-electron chi connectivity index (χ2n) is 18.4. The fraction of sp³-hybridized carbons (Fsp3) is 0.290. The Morgan fingerprint density at radius 1 is 0.602 bits per heavy atom. The van der Waals surface area contributed by atoms with E-state index in [9.17, 15) is 41.1 Å². The zero-order valence-electron chi connectivity index (χ0n) is 63.3. The van der Waals surface area contributed by atoms with E-state index in [0.29, 0.717) is 50.9 Å². The minimum Gasteiger partial charge on any atom is -0.496 e. The van der Waals surface area contributed by atoms with Gasteiger partial charge in [-0.2, -0.15) is 0 Å². The van der Waals surface area contributed by atoms with Crippen LogP contribution in [0.5, 0.6) is 11.5 Å². The number of carboxylic acids is 1. The van der Waals surface area contributed by atoms with Crippen LogP contribution in [0.25, 0.3) is 21.8 Å². The van der Waals surface area contributed by atoms with Crippen molar-refractivity contribution < 1.29 is 84.7 Å². The molecule has 8 aromatic rings. The predicted molar refractivity (Wildman–Crippen MR) is 317 cm³/mol. The van der Waals surface area contributed by atoms with Crippen molar-refractivity contribution in [1.82, 2.24) is 13.9 Å². The summed E-state index contributed by atoms with van der Waals surface area (Å²) in [6.07, 6.45) is -34.2. The molecule has 19 nitrogen and oxygen atoms in total. The van der Waals surface area contributed by atoms with E-state index in [-0.39, 0.29) is 38.7 Å². The largest absolute Gasteiger partial charge is 0.496 e. The zero-order valence-corrected chi connectivity index (χ0v) is 46.9. The number of rotatable bonds is 15. The third-order valence-electron chi connectivity index (χ3n) is 12.7. The van der Waals surface area contributed by atoms with Crippen LogP contribution in [-0.4, -0.2) is 81.5 Å². The lowest BCUT2D eigenvalue weighted by atomic mass is 10.0. The third-order valence-corrected chi connectivity index (χ3v) is 15.3. The molecule has 2 saturated carbocycles. The van der Waals surface area contributed by atoms with Crippen LogP contribution in [0, 0.1) is 13.8 Å². The maximum Gasteiger partial charge on any atom is 0.411 e. The molecule has 2 aromatic heterocycles. The van der Waals surface area contributed by atoms with Gasteiger partial charge in [-0.15, -0.1) is 0 Å². The number of aromatic nitrogens is 2. The van der Waals surface area contributed by atoms with Crippen molar-refractivity contribution >= 4 is 77.3 Å². The van der Waals surface area contributed by atoms with Crippen molar-refractivity contribution in [2.75, 3.05) is 24.9 Å². The average molecular weight is 1190 g/mol. The van der Waals surface area contributed by atoms with Gasteiger partial charge in [-0.3, -0.25) is 15.4 Å². The lowest BCUT2D eigenvalue weighted by Gasteiger charge is -2.13. The van der Waals surface area contributed by atoms with Crippen molar-refractivity contribution in [3.05, 3.63) is 178 Å². The number of nitrogens with zero attached hydrogens (tertiary/aromatic N) is 2. The Hall–Kier alpha value is -8.66. The van der Waals surface area contributed by atoms with Gasteiger partial charge >= 0.3 is 18.2 Å². The van der Waals surface area contributed by atoms with E-state index < -0.39 is 107 Å². The number of sulfonamides is 2. The standard InChI is InChI=1S/C31H33N3O6S.C24H26N2O5.C7H9NO2S/c1-20-8-4-7-11-29(20)41(37,38)33-30(35)22-13-12-21(28(17-22)39-3)16-23-19-34(2)27-15-14-24(18-26(23)27)32-31(36)40-25-9-5-6-10-25;1-26-14-17(11-15-7-8-16(23(27)28)12-22(15)30-2)20-13-18(9-10-21(20)26)25-24(29)31-19-5-3-4-6-19;1-6-4-2-3-5-7(6)11(8,9)10/h4,7-8,11-15,17-19,25H,5-6,9-10,16H2,1-3H3,(H,32,36)(H,33,35);7-10,12-14,19H,3-6,11H2,1-2H3,(H,25,29)(H,27,28);2-5H,1H3,(H2,8,9,10)/i5D2,6D2,9D2,10D2,25D;3D2,4D2,5D2,6D2,19D;. The number of carbonyl (C=O) groups excluding carboxylic acids is 3.